The van der Waals surface area contributed by atoms with Crippen molar-refractivity contribution in [1.82, 2.24) is 35.5 Å². The van der Waals surface area contributed by atoms with Gasteiger partial charge in [0.15, 0.2) is 0 Å². The second kappa shape index (κ2) is 21.2. The summed E-state index contributed by atoms with van der Waals surface area (Å²) in [5.74, 6) is 1.53. The minimum absolute atomic E-state index is 0.0281. The minimum atomic E-state index is -0.849. The van der Waals surface area contributed by atoms with Crippen LogP contribution < -0.4 is 16.1 Å². The van der Waals surface area contributed by atoms with Gasteiger partial charge < -0.3 is 34.6 Å². The number of aryl methyl sites for hydroxylation is 1. The monoisotopic (exact) mass is 880 g/mol. The Bertz CT molecular complexity index is 2250. The van der Waals surface area contributed by atoms with Crippen molar-refractivity contribution in [3.63, 3.8) is 0 Å². The second-order valence-corrected chi connectivity index (χ2v) is 19.0. The van der Waals surface area contributed by atoms with Gasteiger partial charge >= 0.3 is 0 Å². The number of methoxy groups -OCH3 is 1. The topological polar surface area (TPSA) is 167 Å². The molecule has 4 heterocycles. The van der Waals surface area contributed by atoms with E-state index in [0.29, 0.717) is 50.3 Å². The molecule has 346 valence electrons. The van der Waals surface area contributed by atoms with Gasteiger partial charge in [-0.25, -0.2) is 5.43 Å². The van der Waals surface area contributed by atoms with Gasteiger partial charge in [-0.05, 0) is 137 Å². The quantitative estimate of drug-likeness (QED) is 0.0875. The summed E-state index contributed by atoms with van der Waals surface area (Å²) in [5.41, 5.74) is 10.1. The zero-order valence-electron chi connectivity index (χ0n) is 39.1. The number of phenols is 1. The average Bonchev–Trinajstić information content (AvgIpc) is 3.55. The third kappa shape index (κ3) is 11.0. The lowest BCUT2D eigenvalue weighted by molar-refractivity contribution is -0.141. The van der Waals surface area contributed by atoms with Gasteiger partial charge in [0.05, 0.1) is 30.1 Å². The number of aldehydes is 1. The van der Waals surface area contributed by atoms with E-state index < -0.39 is 17.5 Å². The maximum atomic E-state index is 14.0. The van der Waals surface area contributed by atoms with E-state index in [1.807, 2.05) is 51.9 Å². The molecule has 64 heavy (non-hydrogen) atoms. The number of aromatic hydroxyl groups is 1. The second-order valence-electron chi connectivity index (χ2n) is 19.0. The number of ether oxygens (including phenoxy) is 2. The lowest BCUT2D eigenvalue weighted by Crippen LogP contribution is -2.58. The molecule has 2 aromatic carbocycles. The number of pyridine rings is 1. The summed E-state index contributed by atoms with van der Waals surface area (Å²) in [5, 5.41) is 20.1. The van der Waals surface area contributed by atoms with Crippen molar-refractivity contribution in [1.29, 1.82) is 0 Å². The molecule has 2 aromatic heterocycles. The molecule has 5 unspecified atom stereocenters. The van der Waals surface area contributed by atoms with Gasteiger partial charge in [-0.3, -0.25) is 29.3 Å². The molecule has 0 radical (unpaired) electrons. The van der Waals surface area contributed by atoms with Crippen LogP contribution >= 0.6 is 0 Å². The number of nitrogens with one attached hydrogen (secondary N) is 3. The van der Waals surface area contributed by atoms with E-state index in [2.05, 4.69) is 65.7 Å². The molecular formula is C50H69N7O7. The van der Waals surface area contributed by atoms with Gasteiger partial charge in [0.25, 0.3) is 12.4 Å². The fourth-order valence-electron chi connectivity index (χ4n) is 9.78. The predicted molar refractivity (Wildman–Crippen MR) is 249 cm³/mol. The molecule has 2 aliphatic heterocycles. The summed E-state index contributed by atoms with van der Waals surface area (Å²) in [6.07, 6.45) is 5.28. The number of amides is 2. The fourth-order valence-corrected chi connectivity index (χ4v) is 9.78. The molecule has 1 aliphatic carbocycles. The first-order valence-corrected chi connectivity index (χ1v) is 22.8. The molecule has 3 aliphatic rings. The van der Waals surface area contributed by atoms with Crippen LogP contribution in [0.15, 0.2) is 54.7 Å². The number of hydrogen-bond donors (Lipinski definition) is 4. The Balaban J connectivity index is 0.000000755. The Morgan fingerprint density at radius 2 is 1.80 bits per heavy atom. The molecular weight excluding hydrogens is 811 g/mol. The van der Waals surface area contributed by atoms with E-state index in [1.54, 1.807) is 30.4 Å². The first-order valence-electron chi connectivity index (χ1n) is 22.8. The van der Waals surface area contributed by atoms with Gasteiger partial charge in [0.1, 0.15) is 18.1 Å². The van der Waals surface area contributed by atoms with Crippen LogP contribution in [0.4, 0.5) is 0 Å². The molecule has 0 bridgehead atoms. The number of phenolic OH excluding ortho intramolecular Hbond substituents is 1. The number of benzene rings is 2. The molecule has 4 aromatic rings. The minimum Gasteiger partial charge on any atom is -0.508 e. The molecule has 1 saturated carbocycles. The van der Waals surface area contributed by atoms with E-state index in [-0.39, 0.29) is 42.6 Å². The third-order valence-electron chi connectivity index (χ3n) is 13.0. The summed E-state index contributed by atoms with van der Waals surface area (Å²) in [7, 11) is 5.41. The smallest absolute Gasteiger partial charge is 0.293 e. The molecule has 5 atom stereocenters. The number of nitrogens with zero attached hydrogens (tertiary/aromatic N) is 4. The Hall–Kier alpha value is -5.15. The van der Waals surface area contributed by atoms with E-state index >= 15 is 0 Å². The Morgan fingerprint density at radius 1 is 1.05 bits per heavy atom. The third-order valence-corrected chi connectivity index (χ3v) is 13.0. The first kappa shape index (κ1) is 48.3. The van der Waals surface area contributed by atoms with Gasteiger partial charge in [-0.2, -0.15) is 0 Å². The summed E-state index contributed by atoms with van der Waals surface area (Å²) >= 11 is 0. The van der Waals surface area contributed by atoms with E-state index in [0.717, 1.165) is 82.3 Å². The van der Waals surface area contributed by atoms with Crippen molar-refractivity contribution in [2.45, 2.75) is 92.0 Å². The van der Waals surface area contributed by atoms with Crippen molar-refractivity contribution in [3.8, 4) is 28.1 Å². The van der Waals surface area contributed by atoms with Crippen LogP contribution in [-0.4, -0.2) is 115 Å². The maximum Gasteiger partial charge on any atom is 0.293 e. The number of hydrogen-bond acceptors (Lipinski definition) is 11. The number of aromatic nitrogens is 2. The Labute approximate surface area is 378 Å². The molecule has 2 saturated heterocycles. The number of piperidine rings is 1. The summed E-state index contributed by atoms with van der Waals surface area (Å²) < 4.78 is 13.4. The molecule has 14 heteroatoms. The van der Waals surface area contributed by atoms with Crippen LogP contribution in [0.3, 0.4) is 0 Å². The van der Waals surface area contributed by atoms with Crippen LogP contribution in [0.2, 0.25) is 0 Å². The number of likely N-dealkylation sites (N-methyl/N-ethyl adjacent to an activating group) is 1. The van der Waals surface area contributed by atoms with Crippen molar-refractivity contribution in [2.24, 2.45) is 29.1 Å². The van der Waals surface area contributed by atoms with Crippen LogP contribution in [0.5, 0.6) is 5.75 Å². The van der Waals surface area contributed by atoms with E-state index in [9.17, 15) is 24.3 Å². The standard InChI is InChI=1S/C44H60N6O6.C6H9NO/c1-10-49-38-16-15-31(24-35(38)36(25-44(5,6)26-56-27-51)41(49)34-14-13-17-45-39(34)29(4)55-9)32-20-30(21-33(52)23-32)22-37(43(54)50-19-12-11-18-46-50)47-42(53)40(28(2)3)48(7)8;8-3-6-4-1-7-2-5(4)6/h13-17,20-21,23-24,27-29,37,40,46,52H,10-12,18-19,22,25-26H2,1-9H3,(H,47,53);3-7H,1-2H2. The highest BCUT2D eigenvalue weighted by Crippen LogP contribution is 2.47. The average molecular weight is 880 g/mol. The highest BCUT2D eigenvalue weighted by atomic mass is 16.5. The molecule has 2 amide bonds. The van der Waals surface area contributed by atoms with Crippen molar-refractivity contribution in [3.05, 3.63) is 71.5 Å². The summed E-state index contributed by atoms with van der Waals surface area (Å²) in [4.78, 5) is 55.7. The SMILES string of the molecule is CCn1c(-c2cccnc2C(C)OC)c(CC(C)(C)COC=O)c2cc(-c3cc(O)cc(CC(NC(=O)C(C(C)C)N(C)C)C(=O)N4CCCCN4)c3)ccc21.O=CC1C2CNCC12. The number of hydrazine groups is 1. The molecule has 0 spiro atoms. The van der Waals surface area contributed by atoms with Gasteiger partial charge in [-0.15, -0.1) is 0 Å². The number of carbonyl (C=O) groups excluding carboxylic acids is 4. The largest absolute Gasteiger partial charge is 0.508 e. The van der Waals surface area contributed by atoms with Crippen LogP contribution in [0.25, 0.3) is 33.3 Å². The van der Waals surface area contributed by atoms with Gasteiger partial charge in [0, 0.05) is 67.2 Å². The zero-order chi connectivity index (χ0) is 46.3. The first-order chi connectivity index (χ1) is 30.6. The van der Waals surface area contributed by atoms with Gasteiger partial charge in [-0.1, -0.05) is 39.8 Å². The number of carbonyl (C=O) groups is 4. The molecule has 4 N–H and O–H groups in total. The predicted octanol–water partition coefficient (Wildman–Crippen LogP) is 5.94. The van der Waals surface area contributed by atoms with Crippen molar-refractivity contribution in [2.75, 3.05) is 54.0 Å². The van der Waals surface area contributed by atoms with Crippen molar-refractivity contribution < 1.29 is 33.8 Å². The maximum absolute atomic E-state index is 14.0. The lowest BCUT2D eigenvalue weighted by Gasteiger charge is -2.33. The lowest BCUT2D eigenvalue weighted by atomic mass is 9.84. The van der Waals surface area contributed by atoms with E-state index in [4.69, 9.17) is 14.5 Å². The Morgan fingerprint density at radius 3 is 2.41 bits per heavy atom. The van der Waals surface area contributed by atoms with Crippen LogP contribution in [-0.2, 0) is 48.0 Å². The molecule has 14 nitrogen and oxygen atoms in total. The summed E-state index contributed by atoms with van der Waals surface area (Å²) in [6, 6.07) is 14.4. The normalized spacial score (nSPS) is 19.7. The molecule has 7 rings (SSSR count). The number of fused-ring (bicyclic) bond motifs is 2. The van der Waals surface area contributed by atoms with Gasteiger partial charge in [0.2, 0.25) is 5.91 Å². The highest BCUT2D eigenvalue weighted by molar-refractivity contribution is 5.95. The van der Waals surface area contributed by atoms with Crippen LogP contribution in [0, 0.1) is 29.1 Å². The highest BCUT2D eigenvalue weighted by Gasteiger charge is 2.52. The van der Waals surface area contributed by atoms with E-state index in [1.165, 1.54) is 0 Å². The summed E-state index contributed by atoms with van der Waals surface area (Å²) in [6.45, 7) is 17.1. The zero-order valence-corrected chi connectivity index (χ0v) is 39.1. The number of rotatable bonds is 18. The van der Waals surface area contributed by atoms with Crippen molar-refractivity contribution >= 4 is 35.5 Å². The molecule has 3 fully saturated rings. The Kier molecular flexibility index (Phi) is 16.0. The fraction of sp³-hybridized carbons (Fsp3) is 0.540. The van der Waals surface area contributed by atoms with Crippen LogP contribution in [0.1, 0.15) is 77.3 Å².